The molecule has 0 bridgehead atoms. The molecule has 0 unspecified atom stereocenters. The van der Waals surface area contributed by atoms with Crippen molar-refractivity contribution >= 4 is 23.2 Å². The molecule has 9 nitrogen and oxygen atoms in total. The molecule has 2 aliphatic rings. The number of fused-ring (bicyclic) bond motifs is 3. The Labute approximate surface area is 167 Å². The van der Waals surface area contributed by atoms with E-state index in [-0.39, 0.29) is 29.3 Å². The van der Waals surface area contributed by atoms with E-state index < -0.39 is 10.8 Å². The number of carbonyl (C=O) groups is 2. The van der Waals surface area contributed by atoms with Crippen molar-refractivity contribution in [1.29, 1.82) is 0 Å². The molecule has 0 radical (unpaired) electrons. The van der Waals surface area contributed by atoms with Crippen molar-refractivity contribution in [2.45, 2.75) is 19.4 Å². The fraction of sp³-hybridized carbons (Fsp3) is 0.400. The standard InChI is InChI=1S/C20H22N4O5/c1-2-21-19(25)15-11-13-10-14(24(27)28)5-6-16(13)23-8-7-22(12-17(15)23)20(26)18-4-3-9-29-18/h3-6,9-10,15,17H,2,7-8,11-12H2,1H3,(H,21,25)/t15-,17-/m0/s1. The normalized spacial score (nSPS) is 20.6. The van der Waals surface area contributed by atoms with Gasteiger partial charge in [-0.15, -0.1) is 0 Å². The Kier molecular flexibility index (Phi) is 4.96. The van der Waals surface area contributed by atoms with E-state index in [2.05, 4.69) is 10.2 Å². The van der Waals surface area contributed by atoms with Crippen LogP contribution in [0.5, 0.6) is 0 Å². The summed E-state index contributed by atoms with van der Waals surface area (Å²) in [7, 11) is 0. The van der Waals surface area contributed by atoms with Crippen molar-refractivity contribution in [3.63, 3.8) is 0 Å². The number of anilines is 1. The van der Waals surface area contributed by atoms with E-state index in [1.165, 1.54) is 12.3 Å². The Morgan fingerprint density at radius 1 is 1.31 bits per heavy atom. The highest BCUT2D eigenvalue weighted by Crippen LogP contribution is 2.38. The fourth-order valence-electron chi connectivity index (χ4n) is 4.27. The Hall–Kier alpha value is -3.36. The summed E-state index contributed by atoms with van der Waals surface area (Å²) >= 11 is 0. The van der Waals surface area contributed by atoms with Gasteiger partial charge >= 0.3 is 0 Å². The molecule has 0 saturated carbocycles. The molecule has 9 heteroatoms. The van der Waals surface area contributed by atoms with Crippen LogP contribution >= 0.6 is 0 Å². The van der Waals surface area contributed by atoms with Crippen LogP contribution in [0.3, 0.4) is 0 Å². The molecule has 2 aromatic rings. The van der Waals surface area contributed by atoms with E-state index in [1.54, 1.807) is 29.2 Å². The van der Waals surface area contributed by atoms with Gasteiger partial charge in [0.15, 0.2) is 5.76 Å². The number of nitrogens with one attached hydrogen (secondary N) is 1. The SMILES string of the molecule is CCNC(=O)[C@H]1Cc2cc([N+](=O)[O-])ccc2N2CCN(C(=O)c3ccco3)C[C@@H]12. The van der Waals surface area contributed by atoms with Crippen molar-refractivity contribution < 1.29 is 18.9 Å². The fourth-order valence-corrected chi connectivity index (χ4v) is 4.27. The van der Waals surface area contributed by atoms with Gasteiger partial charge in [-0.05, 0) is 37.1 Å². The van der Waals surface area contributed by atoms with Crippen LogP contribution in [0.1, 0.15) is 23.0 Å². The molecule has 1 aromatic carbocycles. The minimum atomic E-state index is -0.423. The van der Waals surface area contributed by atoms with Gasteiger partial charge in [-0.3, -0.25) is 19.7 Å². The monoisotopic (exact) mass is 398 g/mol. The highest BCUT2D eigenvalue weighted by molar-refractivity contribution is 5.92. The maximum absolute atomic E-state index is 12.8. The molecule has 1 aromatic heterocycles. The number of piperazine rings is 1. The van der Waals surface area contributed by atoms with Gasteiger partial charge < -0.3 is 19.5 Å². The lowest BCUT2D eigenvalue weighted by molar-refractivity contribution is -0.384. The quantitative estimate of drug-likeness (QED) is 0.622. The zero-order chi connectivity index (χ0) is 20.5. The third-order valence-corrected chi connectivity index (χ3v) is 5.61. The highest BCUT2D eigenvalue weighted by atomic mass is 16.6. The number of carbonyl (C=O) groups excluding carboxylic acids is 2. The molecule has 4 rings (SSSR count). The summed E-state index contributed by atoms with van der Waals surface area (Å²) in [5, 5.41) is 14.0. The summed E-state index contributed by atoms with van der Waals surface area (Å²) in [4.78, 5) is 40.1. The number of nitro groups is 1. The van der Waals surface area contributed by atoms with Gasteiger partial charge in [-0.2, -0.15) is 0 Å². The summed E-state index contributed by atoms with van der Waals surface area (Å²) < 4.78 is 5.24. The lowest BCUT2D eigenvalue weighted by Crippen LogP contribution is -2.62. The Bertz CT molecular complexity index is 942. The van der Waals surface area contributed by atoms with Gasteiger partial charge in [0.1, 0.15) is 0 Å². The molecule has 3 heterocycles. The first-order valence-electron chi connectivity index (χ1n) is 9.64. The summed E-state index contributed by atoms with van der Waals surface area (Å²) in [6.07, 6.45) is 1.86. The summed E-state index contributed by atoms with van der Waals surface area (Å²) in [5.41, 5.74) is 1.70. The number of nitrogens with zero attached hydrogens (tertiary/aromatic N) is 3. The first-order chi connectivity index (χ1) is 14.0. The topological polar surface area (TPSA) is 109 Å². The number of hydrogen-bond donors (Lipinski definition) is 1. The predicted octanol–water partition coefficient (Wildman–Crippen LogP) is 1.83. The molecule has 29 heavy (non-hydrogen) atoms. The van der Waals surface area contributed by atoms with E-state index >= 15 is 0 Å². The minimum absolute atomic E-state index is 0.0171. The lowest BCUT2D eigenvalue weighted by Gasteiger charge is -2.48. The highest BCUT2D eigenvalue weighted by Gasteiger charge is 2.43. The molecule has 0 spiro atoms. The van der Waals surface area contributed by atoms with E-state index in [4.69, 9.17) is 4.42 Å². The Balaban J connectivity index is 1.66. The van der Waals surface area contributed by atoms with Crippen LogP contribution in [-0.2, 0) is 11.2 Å². The van der Waals surface area contributed by atoms with Crippen LogP contribution < -0.4 is 10.2 Å². The largest absolute Gasteiger partial charge is 0.459 e. The average Bonchev–Trinajstić information content (AvgIpc) is 3.26. The van der Waals surface area contributed by atoms with Crippen LogP contribution in [0, 0.1) is 16.0 Å². The lowest BCUT2D eigenvalue weighted by atomic mass is 9.83. The first kappa shape index (κ1) is 19.0. The summed E-state index contributed by atoms with van der Waals surface area (Å²) in [6, 6.07) is 7.89. The number of furan rings is 1. The zero-order valence-corrected chi connectivity index (χ0v) is 16.0. The second-order valence-corrected chi connectivity index (χ2v) is 7.26. The third kappa shape index (κ3) is 3.43. The van der Waals surface area contributed by atoms with E-state index in [1.807, 2.05) is 6.92 Å². The van der Waals surface area contributed by atoms with Gasteiger partial charge in [0.05, 0.1) is 23.1 Å². The van der Waals surface area contributed by atoms with Gasteiger partial charge in [0.2, 0.25) is 5.91 Å². The van der Waals surface area contributed by atoms with Crippen LogP contribution in [0.25, 0.3) is 0 Å². The second kappa shape index (κ2) is 7.57. The predicted molar refractivity (Wildman–Crippen MR) is 105 cm³/mol. The molecule has 1 fully saturated rings. The van der Waals surface area contributed by atoms with Crippen LogP contribution in [-0.4, -0.2) is 53.9 Å². The van der Waals surface area contributed by atoms with E-state index in [0.29, 0.717) is 32.6 Å². The van der Waals surface area contributed by atoms with Crippen molar-refractivity contribution in [3.8, 4) is 0 Å². The summed E-state index contributed by atoms with van der Waals surface area (Å²) in [6.45, 7) is 3.76. The van der Waals surface area contributed by atoms with Gasteiger partial charge in [-0.1, -0.05) is 0 Å². The molecule has 0 aliphatic carbocycles. The number of hydrogen-bond acceptors (Lipinski definition) is 6. The van der Waals surface area contributed by atoms with Crippen LogP contribution in [0.4, 0.5) is 11.4 Å². The van der Waals surface area contributed by atoms with E-state index in [0.717, 1.165) is 11.3 Å². The molecule has 2 amide bonds. The van der Waals surface area contributed by atoms with Crippen LogP contribution in [0.15, 0.2) is 41.0 Å². The molecule has 2 atom stereocenters. The van der Waals surface area contributed by atoms with Gasteiger partial charge in [-0.25, -0.2) is 0 Å². The molecule has 1 saturated heterocycles. The number of benzene rings is 1. The van der Waals surface area contributed by atoms with Crippen molar-refractivity contribution in [1.82, 2.24) is 10.2 Å². The number of rotatable bonds is 4. The second-order valence-electron chi connectivity index (χ2n) is 7.26. The first-order valence-corrected chi connectivity index (χ1v) is 9.64. The maximum Gasteiger partial charge on any atom is 0.289 e. The average molecular weight is 398 g/mol. The Morgan fingerprint density at radius 3 is 2.83 bits per heavy atom. The molecular weight excluding hydrogens is 376 g/mol. The molecular formula is C20H22N4O5. The maximum atomic E-state index is 12.8. The number of nitro benzene ring substituents is 1. The van der Waals surface area contributed by atoms with E-state index in [9.17, 15) is 19.7 Å². The zero-order valence-electron chi connectivity index (χ0n) is 16.0. The Morgan fingerprint density at radius 2 is 2.14 bits per heavy atom. The van der Waals surface area contributed by atoms with Gasteiger partial charge in [0.25, 0.3) is 11.6 Å². The number of non-ortho nitro benzene ring substituents is 1. The number of amides is 2. The smallest absolute Gasteiger partial charge is 0.289 e. The summed E-state index contributed by atoms with van der Waals surface area (Å²) in [5.74, 6) is -0.428. The molecule has 1 N–H and O–H groups in total. The van der Waals surface area contributed by atoms with Crippen molar-refractivity contribution in [2.24, 2.45) is 5.92 Å². The molecule has 152 valence electrons. The van der Waals surface area contributed by atoms with Crippen LogP contribution in [0.2, 0.25) is 0 Å². The molecule has 2 aliphatic heterocycles. The van der Waals surface area contributed by atoms with Crippen molar-refractivity contribution in [3.05, 3.63) is 58.0 Å². The van der Waals surface area contributed by atoms with Crippen molar-refractivity contribution in [2.75, 3.05) is 31.1 Å². The third-order valence-electron chi connectivity index (χ3n) is 5.61. The minimum Gasteiger partial charge on any atom is -0.459 e. The van der Waals surface area contributed by atoms with Gasteiger partial charge in [0, 0.05) is 44.0 Å².